The lowest BCUT2D eigenvalue weighted by atomic mass is 10.2. The Balaban J connectivity index is 3.00. The predicted molar refractivity (Wildman–Crippen MR) is 43.3 cm³/mol. The van der Waals surface area contributed by atoms with E-state index in [4.69, 9.17) is 23.8 Å². The zero-order valence-corrected chi connectivity index (χ0v) is 6.11. The molecule has 0 aliphatic rings. The highest BCUT2D eigenvalue weighted by atomic mass is 32.1. The number of nitrogen functional groups attached to an aromatic ring is 1. The standard InChI is InChI=1S/C7H7N2S/c8-7(9)5-1-3-6(10)4-2-5/h1-4H,(H3,8,9). The van der Waals surface area contributed by atoms with Crippen molar-refractivity contribution in [2.24, 2.45) is 5.73 Å². The molecule has 0 saturated heterocycles. The van der Waals surface area contributed by atoms with Crippen LogP contribution in [0.1, 0.15) is 5.56 Å². The average molecular weight is 151 g/mol. The molecule has 3 N–H and O–H groups in total. The molecule has 1 aromatic carbocycles. The highest BCUT2D eigenvalue weighted by molar-refractivity contribution is 7.80. The molecule has 1 aromatic rings. The van der Waals surface area contributed by atoms with Crippen LogP contribution in [0.15, 0.2) is 29.2 Å². The normalized spacial score (nSPS) is 9.20. The Morgan fingerprint density at radius 3 is 2.20 bits per heavy atom. The molecular formula is C7H7N2S. The summed E-state index contributed by atoms with van der Waals surface area (Å²) in [5.41, 5.74) is 5.93. The number of rotatable bonds is 1. The lowest BCUT2D eigenvalue weighted by Gasteiger charge is -1.95. The van der Waals surface area contributed by atoms with Crippen molar-refractivity contribution in [3.63, 3.8) is 0 Å². The highest BCUT2D eigenvalue weighted by Gasteiger charge is 1.93. The van der Waals surface area contributed by atoms with Crippen molar-refractivity contribution in [1.82, 2.24) is 0 Å². The largest absolute Gasteiger partial charge is 0.384 e. The molecule has 10 heavy (non-hydrogen) atoms. The van der Waals surface area contributed by atoms with Gasteiger partial charge in [0, 0.05) is 10.5 Å². The van der Waals surface area contributed by atoms with Crippen molar-refractivity contribution >= 4 is 18.5 Å². The summed E-state index contributed by atoms with van der Waals surface area (Å²) in [5, 5.41) is 7.05. The molecule has 0 heterocycles. The third-order valence-corrected chi connectivity index (χ3v) is 1.44. The summed E-state index contributed by atoms with van der Waals surface area (Å²) >= 11 is 4.85. The first-order valence-corrected chi connectivity index (χ1v) is 3.22. The van der Waals surface area contributed by atoms with Crippen LogP contribution in [0.25, 0.3) is 0 Å². The van der Waals surface area contributed by atoms with E-state index in [9.17, 15) is 0 Å². The number of hydrogen-bond acceptors (Lipinski definition) is 1. The van der Waals surface area contributed by atoms with Crippen LogP contribution in [-0.4, -0.2) is 5.84 Å². The second-order valence-electron chi connectivity index (χ2n) is 1.94. The van der Waals surface area contributed by atoms with Gasteiger partial charge in [-0.2, -0.15) is 0 Å². The van der Waals surface area contributed by atoms with E-state index >= 15 is 0 Å². The average Bonchev–Trinajstić information content (AvgIpc) is 1.88. The number of amidine groups is 1. The van der Waals surface area contributed by atoms with Gasteiger partial charge in [-0.05, 0) is 24.3 Å². The van der Waals surface area contributed by atoms with Gasteiger partial charge in [0.1, 0.15) is 5.84 Å². The quantitative estimate of drug-likeness (QED) is 0.464. The molecule has 3 heteroatoms. The Morgan fingerprint density at radius 1 is 1.30 bits per heavy atom. The fourth-order valence-corrected chi connectivity index (χ4v) is 0.771. The van der Waals surface area contributed by atoms with Gasteiger partial charge < -0.3 is 5.73 Å². The van der Waals surface area contributed by atoms with Crippen LogP contribution >= 0.6 is 12.6 Å². The summed E-state index contributed by atoms with van der Waals surface area (Å²) in [7, 11) is 0. The van der Waals surface area contributed by atoms with Crippen LogP contribution in [0, 0.1) is 5.41 Å². The summed E-state index contributed by atoms with van der Waals surface area (Å²) in [6.07, 6.45) is 0. The number of benzene rings is 1. The lowest BCUT2D eigenvalue weighted by molar-refractivity contribution is 1.39. The topological polar surface area (TPSA) is 49.9 Å². The van der Waals surface area contributed by atoms with E-state index in [1.165, 1.54) is 0 Å². The molecular weight excluding hydrogens is 144 g/mol. The lowest BCUT2D eigenvalue weighted by Crippen LogP contribution is -2.10. The van der Waals surface area contributed by atoms with Gasteiger partial charge in [0.2, 0.25) is 0 Å². The van der Waals surface area contributed by atoms with Gasteiger partial charge in [-0.1, -0.05) is 12.6 Å². The van der Waals surface area contributed by atoms with E-state index in [1.54, 1.807) is 24.3 Å². The first-order valence-electron chi connectivity index (χ1n) is 2.81. The molecule has 2 nitrogen and oxygen atoms in total. The second kappa shape index (κ2) is 2.66. The van der Waals surface area contributed by atoms with Crippen LogP contribution in [0.3, 0.4) is 0 Å². The molecule has 0 fully saturated rings. The van der Waals surface area contributed by atoms with Crippen LogP contribution in [-0.2, 0) is 0 Å². The van der Waals surface area contributed by atoms with Gasteiger partial charge in [0.05, 0.1) is 0 Å². The number of hydrogen-bond donors (Lipinski definition) is 2. The molecule has 0 amide bonds. The molecule has 0 atom stereocenters. The summed E-state index contributed by atoms with van der Waals surface area (Å²) in [4.78, 5) is 0.769. The Bertz CT molecular complexity index is 240. The maximum absolute atomic E-state index is 7.05. The minimum Gasteiger partial charge on any atom is -0.384 e. The van der Waals surface area contributed by atoms with Crippen LogP contribution in [0.4, 0.5) is 0 Å². The molecule has 0 spiro atoms. The monoisotopic (exact) mass is 151 g/mol. The summed E-state index contributed by atoms with van der Waals surface area (Å²) in [5.74, 6) is 0.0787. The van der Waals surface area contributed by atoms with Crippen molar-refractivity contribution in [2.45, 2.75) is 4.90 Å². The maximum Gasteiger partial charge on any atom is 0.122 e. The smallest absolute Gasteiger partial charge is 0.122 e. The molecule has 0 aromatic heterocycles. The first-order chi connectivity index (χ1) is 4.70. The van der Waals surface area contributed by atoms with Crippen LogP contribution in [0.5, 0.6) is 0 Å². The minimum atomic E-state index is 0.0787. The van der Waals surface area contributed by atoms with Crippen LogP contribution < -0.4 is 5.73 Å². The Morgan fingerprint density at radius 2 is 1.80 bits per heavy atom. The van der Waals surface area contributed by atoms with Crippen molar-refractivity contribution in [2.75, 3.05) is 0 Å². The zero-order valence-electron chi connectivity index (χ0n) is 5.29. The Hall–Kier alpha value is -1.09. The van der Waals surface area contributed by atoms with E-state index in [2.05, 4.69) is 0 Å². The van der Waals surface area contributed by atoms with E-state index in [1.807, 2.05) is 0 Å². The van der Waals surface area contributed by atoms with Gasteiger partial charge in [-0.15, -0.1) is 0 Å². The van der Waals surface area contributed by atoms with E-state index < -0.39 is 0 Å². The molecule has 0 saturated carbocycles. The fourth-order valence-electron chi connectivity index (χ4n) is 0.634. The third-order valence-electron chi connectivity index (χ3n) is 1.17. The molecule has 1 radical (unpaired) electrons. The van der Waals surface area contributed by atoms with Gasteiger partial charge >= 0.3 is 0 Å². The minimum absolute atomic E-state index is 0.0787. The van der Waals surface area contributed by atoms with E-state index in [0.29, 0.717) is 5.56 Å². The summed E-state index contributed by atoms with van der Waals surface area (Å²) in [6.45, 7) is 0. The number of nitrogens with two attached hydrogens (primary N) is 1. The van der Waals surface area contributed by atoms with Crippen molar-refractivity contribution < 1.29 is 0 Å². The Kier molecular flexibility index (Phi) is 1.87. The van der Waals surface area contributed by atoms with Crippen molar-refractivity contribution in [1.29, 1.82) is 5.41 Å². The first kappa shape index (κ1) is 7.02. The summed E-state index contributed by atoms with van der Waals surface area (Å²) < 4.78 is 0. The molecule has 0 unspecified atom stereocenters. The van der Waals surface area contributed by atoms with Gasteiger partial charge in [0.15, 0.2) is 0 Å². The van der Waals surface area contributed by atoms with E-state index in [-0.39, 0.29) is 5.84 Å². The SMILES string of the molecule is N=C(N)c1ccc([S])cc1. The number of nitrogens with one attached hydrogen (secondary N) is 1. The van der Waals surface area contributed by atoms with E-state index in [0.717, 1.165) is 4.90 Å². The van der Waals surface area contributed by atoms with Gasteiger partial charge in [-0.25, -0.2) is 0 Å². The predicted octanol–water partition coefficient (Wildman–Crippen LogP) is 1.53. The third kappa shape index (κ3) is 1.45. The molecule has 0 aliphatic heterocycles. The fraction of sp³-hybridized carbons (Fsp3) is 0. The molecule has 1 rings (SSSR count). The molecule has 0 bridgehead atoms. The maximum atomic E-state index is 7.05. The molecule has 51 valence electrons. The van der Waals surface area contributed by atoms with Crippen molar-refractivity contribution in [3.8, 4) is 0 Å². The Labute approximate surface area is 65.0 Å². The second-order valence-corrected chi connectivity index (χ2v) is 2.41. The molecule has 0 aliphatic carbocycles. The highest BCUT2D eigenvalue weighted by Crippen LogP contribution is 2.06. The van der Waals surface area contributed by atoms with Crippen molar-refractivity contribution in [3.05, 3.63) is 29.8 Å². The van der Waals surface area contributed by atoms with Crippen LogP contribution in [0.2, 0.25) is 0 Å². The van der Waals surface area contributed by atoms with Gasteiger partial charge in [0.25, 0.3) is 0 Å². The zero-order chi connectivity index (χ0) is 7.56. The summed E-state index contributed by atoms with van der Waals surface area (Å²) in [6, 6.07) is 6.99. The van der Waals surface area contributed by atoms with Gasteiger partial charge in [-0.3, -0.25) is 5.41 Å².